The first-order chi connectivity index (χ1) is 9.70. The highest BCUT2D eigenvalue weighted by Crippen LogP contribution is 2.29. The van der Waals surface area contributed by atoms with Gasteiger partial charge in [-0.1, -0.05) is 19.1 Å². The van der Waals surface area contributed by atoms with Gasteiger partial charge in [-0.05, 0) is 23.4 Å². The lowest BCUT2D eigenvalue weighted by molar-refractivity contribution is 0.0739. The Kier molecular flexibility index (Phi) is 6.26. The van der Waals surface area contributed by atoms with Crippen molar-refractivity contribution in [2.24, 2.45) is 0 Å². The second kappa shape index (κ2) is 7.96. The summed E-state index contributed by atoms with van der Waals surface area (Å²) in [5.74, 6) is 1.03. The van der Waals surface area contributed by atoms with E-state index in [-0.39, 0.29) is 12.5 Å². The Labute approximate surface area is 123 Å². The molecule has 0 spiro atoms. The van der Waals surface area contributed by atoms with Gasteiger partial charge >= 0.3 is 0 Å². The summed E-state index contributed by atoms with van der Waals surface area (Å²) in [5.41, 5.74) is 1.01. The second-order valence-electron chi connectivity index (χ2n) is 4.93. The average Bonchev–Trinajstić information content (AvgIpc) is 2.47. The second-order valence-corrected chi connectivity index (χ2v) is 6.27. The number of nitrogens with one attached hydrogen (secondary N) is 1. The number of halogens is 2. The molecule has 1 aliphatic heterocycles. The molecule has 2 rings (SSSR count). The third kappa shape index (κ3) is 4.43. The fraction of sp³-hybridized carbons (Fsp3) is 0.600. The monoisotopic (exact) mass is 300 g/mol. The highest BCUT2D eigenvalue weighted by atomic mass is 32.2. The molecule has 112 valence electrons. The number of hydrogen-bond donors (Lipinski definition) is 1. The zero-order chi connectivity index (χ0) is 14.4. The standard InChI is InChI=1S/C15H22F2N2S/c1-2-20-13-5-3-12(4-6-13)14(11-15(16)17)19-9-7-18-8-10-19/h3-6,14-15,18H,2,7-11H2,1H3/t14-/m1/s1. The van der Waals surface area contributed by atoms with Crippen molar-refractivity contribution in [2.45, 2.75) is 30.7 Å². The smallest absolute Gasteiger partial charge is 0.240 e. The summed E-state index contributed by atoms with van der Waals surface area (Å²) in [4.78, 5) is 3.37. The molecule has 20 heavy (non-hydrogen) atoms. The van der Waals surface area contributed by atoms with Crippen LogP contribution in [0.1, 0.15) is 24.9 Å². The summed E-state index contributed by atoms with van der Waals surface area (Å²) < 4.78 is 25.8. The van der Waals surface area contributed by atoms with Gasteiger partial charge in [0.25, 0.3) is 0 Å². The predicted molar refractivity (Wildman–Crippen MR) is 80.6 cm³/mol. The third-order valence-corrected chi connectivity index (χ3v) is 4.46. The zero-order valence-corrected chi connectivity index (χ0v) is 12.6. The fourth-order valence-corrected chi connectivity index (χ4v) is 3.27. The molecule has 1 N–H and O–H groups in total. The molecular weight excluding hydrogens is 278 g/mol. The first-order valence-electron chi connectivity index (χ1n) is 7.16. The number of thioether (sulfide) groups is 1. The zero-order valence-electron chi connectivity index (χ0n) is 11.8. The molecule has 0 radical (unpaired) electrons. The number of benzene rings is 1. The molecule has 1 saturated heterocycles. The molecule has 1 aromatic rings. The SMILES string of the molecule is CCSc1ccc([C@@H](CC(F)F)N2CCNCC2)cc1. The summed E-state index contributed by atoms with van der Waals surface area (Å²) in [6.45, 7) is 5.54. The summed E-state index contributed by atoms with van der Waals surface area (Å²) in [7, 11) is 0. The van der Waals surface area contributed by atoms with Crippen LogP contribution in [0.2, 0.25) is 0 Å². The van der Waals surface area contributed by atoms with E-state index in [9.17, 15) is 8.78 Å². The normalized spacial score (nSPS) is 18.4. The molecular formula is C15H22F2N2S. The van der Waals surface area contributed by atoms with Gasteiger partial charge in [-0.2, -0.15) is 0 Å². The van der Waals surface area contributed by atoms with Crippen LogP contribution >= 0.6 is 11.8 Å². The predicted octanol–water partition coefficient (Wildman–Crippen LogP) is 3.40. The molecule has 1 atom stereocenters. The van der Waals surface area contributed by atoms with Crippen molar-refractivity contribution in [3.05, 3.63) is 29.8 Å². The molecule has 1 fully saturated rings. The summed E-state index contributed by atoms with van der Waals surface area (Å²) >= 11 is 1.77. The Balaban J connectivity index is 2.12. The van der Waals surface area contributed by atoms with Crippen molar-refractivity contribution in [3.8, 4) is 0 Å². The summed E-state index contributed by atoms with van der Waals surface area (Å²) in [6.07, 6.45) is -2.35. The van der Waals surface area contributed by atoms with Crippen LogP contribution in [0.25, 0.3) is 0 Å². The lowest BCUT2D eigenvalue weighted by Gasteiger charge is -2.35. The van der Waals surface area contributed by atoms with Crippen molar-refractivity contribution in [3.63, 3.8) is 0 Å². The van der Waals surface area contributed by atoms with Crippen LogP contribution < -0.4 is 5.32 Å². The maximum atomic E-state index is 12.9. The minimum Gasteiger partial charge on any atom is -0.314 e. The molecule has 0 aromatic heterocycles. The molecule has 0 unspecified atom stereocenters. The van der Waals surface area contributed by atoms with E-state index in [1.165, 1.54) is 4.90 Å². The molecule has 1 aromatic carbocycles. The van der Waals surface area contributed by atoms with Crippen LogP contribution in [0, 0.1) is 0 Å². The average molecular weight is 300 g/mol. The summed E-state index contributed by atoms with van der Waals surface area (Å²) in [5, 5.41) is 3.27. The molecule has 0 aliphatic carbocycles. The minimum atomic E-state index is -2.26. The maximum absolute atomic E-state index is 12.9. The Morgan fingerprint density at radius 2 is 1.85 bits per heavy atom. The van der Waals surface area contributed by atoms with E-state index in [4.69, 9.17) is 0 Å². The highest BCUT2D eigenvalue weighted by molar-refractivity contribution is 7.99. The molecule has 0 bridgehead atoms. The first kappa shape index (κ1) is 15.7. The van der Waals surface area contributed by atoms with E-state index in [0.29, 0.717) is 0 Å². The van der Waals surface area contributed by atoms with Crippen LogP contribution in [0.3, 0.4) is 0 Å². The van der Waals surface area contributed by atoms with Crippen LogP contribution in [-0.2, 0) is 0 Å². The summed E-state index contributed by atoms with van der Waals surface area (Å²) in [6, 6.07) is 7.94. The Hall–Kier alpha value is -0.650. The van der Waals surface area contributed by atoms with Crippen LogP contribution in [0.15, 0.2) is 29.2 Å². The number of hydrogen-bond acceptors (Lipinski definition) is 3. The fourth-order valence-electron chi connectivity index (χ4n) is 2.61. The van der Waals surface area contributed by atoms with Gasteiger partial charge in [0.05, 0.1) is 0 Å². The van der Waals surface area contributed by atoms with Gasteiger partial charge < -0.3 is 5.32 Å². The first-order valence-corrected chi connectivity index (χ1v) is 8.15. The lowest BCUT2D eigenvalue weighted by Crippen LogP contribution is -2.45. The molecule has 1 aliphatic rings. The topological polar surface area (TPSA) is 15.3 Å². The van der Waals surface area contributed by atoms with Crippen LogP contribution in [-0.4, -0.2) is 43.3 Å². The number of piperazine rings is 1. The van der Waals surface area contributed by atoms with Gasteiger partial charge in [-0.15, -0.1) is 11.8 Å². The molecule has 1 heterocycles. The van der Waals surface area contributed by atoms with Gasteiger partial charge in [0.1, 0.15) is 0 Å². The molecule has 0 amide bonds. The van der Waals surface area contributed by atoms with Gasteiger partial charge in [0.2, 0.25) is 6.43 Å². The van der Waals surface area contributed by atoms with E-state index in [2.05, 4.69) is 17.1 Å². The van der Waals surface area contributed by atoms with Gasteiger partial charge in [-0.25, -0.2) is 8.78 Å². The Morgan fingerprint density at radius 1 is 1.20 bits per heavy atom. The molecule has 2 nitrogen and oxygen atoms in total. The van der Waals surface area contributed by atoms with Crippen molar-refractivity contribution < 1.29 is 8.78 Å². The van der Waals surface area contributed by atoms with Crippen LogP contribution in [0.5, 0.6) is 0 Å². The van der Waals surface area contributed by atoms with E-state index in [1.807, 2.05) is 24.3 Å². The Morgan fingerprint density at radius 3 is 2.40 bits per heavy atom. The van der Waals surface area contributed by atoms with Crippen molar-refractivity contribution in [2.75, 3.05) is 31.9 Å². The van der Waals surface area contributed by atoms with Gasteiger partial charge in [-0.3, -0.25) is 4.90 Å². The Bertz CT molecular complexity index is 391. The third-order valence-electron chi connectivity index (χ3n) is 3.57. The van der Waals surface area contributed by atoms with Crippen molar-refractivity contribution in [1.29, 1.82) is 0 Å². The van der Waals surface area contributed by atoms with E-state index in [0.717, 1.165) is 37.5 Å². The van der Waals surface area contributed by atoms with Gasteiger partial charge in [0.15, 0.2) is 0 Å². The highest BCUT2D eigenvalue weighted by Gasteiger charge is 2.25. The molecule has 0 saturated carbocycles. The van der Waals surface area contributed by atoms with E-state index in [1.54, 1.807) is 11.8 Å². The van der Waals surface area contributed by atoms with E-state index >= 15 is 0 Å². The van der Waals surface area contributed by atoms with Crippen LogP contribution in [0.4, 0.5) is 8.78 Å². The lowest BCUT2D eigenvalue weighted by atomic mass is 10.0. The largest absolute Gasteiger partial charge is 0.314 e. The van der Waals surface area contributed by atoms with E-state index < -0.39 is 6.43 Å². The molecule has 5 heteroatoms. The number of alkyl halides is 2. The maximum Gasteiger partial charge on any atom is 0.240 e. The number of rotatable bonds is 6. The van der Waals surface area contributed by atoms with Crippen molar-refractivity contribution >= 4 is 11.8 Å². The van der Waals surface area contributed by atoms with Gasteiger partial charge in [0, 0.05) is 43.5 Å². The quantitative estimate of drug-likeness (QED) is 0.811. The minimum absolute atomic E-state index is 0.0831. The number of nitrogens with zero attached hydrogens (tertiary/aromatic N) is 1. The van der Waals surface area contributed by atoms with Crippen molar-refractivity contribution in [1.82, 2.24) is 10.2 Å².